The van der Waals surface area contributed by atoms with Gasteiger partial charge in [-0.05, 0) is 58.4 Å². The first-order valence-electron chi connectivity index (χ1n) is 10.8. The van der Waals surface area contributed by atoms with Crippen LogP contribution >= 0.6 is 0 Å². The highest BCUT2D eigenvalue weighted by molar-refractivity contribution is 5.80. The van der Waals surface area contributed by atoms with Crippen LogP contribution in [0, 0.1) is 26.7 Å². The molecule has 156 valence electrons. The second-order valence-electron chi connectivity index (χ2n) is 8.50. The first-order valence-corrected chi connectivity index (χ1v) is 10.8. The van der Waals surface area contributed by atoms with E-state index in [1.807, 2.05) is 41.2 Å². The lowest BCUT2D eigenvalue weighted by Gasteiger charge is -2.33. The van der Waals surface area contributed by atoms with Crippen LogP contribution in [-0.2, 0) is 16.0 Å². The minimum atomic E-state index is 0.0938. The molecule has 0 unspecified atom stereocenters. The standard InChI is InChI=1S/C22H31N5O2/c1-15-14-20-23-16(2)19(17(3)27(20)24-15)6-7-21(28)25-12-8-18(9-13-25)22(29)26-10-4-5-11-26/h14,18H,4-13H2,1-3H3. The van der Waals surface area contributed by atoms with Crippen molar-refractivity contribution < 1.29 is 9.59 Å². The zero-order valence-corrected chi connectivity index (χ0v) is 17.8. The van der Waals surface area contributed by atoms with Gasteiger partial charge in [-0.15, -0.1) is 0 Å². The summed E-state index contributed by atoms with van der Waals surface area (Å²) in [5.74, 6) is 0.568. The number of carbonyl (C=O) groups is 2. The summed E-state index contributed by atoms with van der Waals surface area (Å²) in [5, 5.41) is 4.51. The quantitative estimate of drug-likeness (QED) is 0.795. The normalized spacial score (nSPS) is 18.0. The highest BCUT2D eigenvalue weighted by Crippen LogP contribution is 2.23. The van der Waals surface area contributed by atoms with E-state index in [0.717, 1.165) is 67.1 Å². The third-order valence-electron chi connectivity index (χ3n) is 6.49. The Morgan fingerprint density at radius 2 is 1.72 bits per heavy atom. The Bertz CT molecular complexity index is 921. The molecule has 2 aliphatic heterocycles. The van der Waals surface area contributed by atoms with E-state index in [1.165, 1.54) is 0 Å². The number of piperidine rings is 1. The molecule has 0 bridgehead atoms. The Balaban J connectivity index is 1.34. The van der Waals surface area contributed by atoms with E-state index in [1.54, 1.807) is 0 Å². The van der Waals surface area contributed by atoms with Gasteiger partial charge in [0.2, 0.25) is 11.8 Å². The maximum Gasteiger partial charge on any atom is 0.225 e. The molecule has 2 aliphatic rings. The molecule has 0 radical (unpaired) electrons. The van der Waals surface area contributed by atoms with Crippen molar-refractivity contribution in [1.29, 1.82) is 0 Å². The van der Waals surface area contributed by atoms with Crippen molar-refractivity contribution in [3.8, 4) is 0 Å². The van der Waals surface area contributed by atoms with Crippen LogP contribution in [0.3, 0.4) is 0 Å². The zero-order chi connectivity index (χ0) is 20.5. The van der Waals surface area contributed by atoms with Crippen molar-refractivity contribution in [2.24, 2.45) is 5.92 Å². The van der Waals surface area contributed by atoms with E-state index in [9.17, 15) is 9.59 Å². The number of carbonyl (C=O) groups excluding carboxylic acids is 2. The van der Waals surface area contributed by atoms with Crippen LogP contribution in [-0.4, -0.2) is 62.4 Å². The van der Waals surface area contributed by atoms with E-state index < -0.39 is 0 Å². The number of nitrogens with zero attached hydrogens (tertiary/aromatic N) is 5. The van der Waals surface area contributed by atoms with Crippen molar-refractivity contribution in [3.05, 3.63) is 28.7 Å². The smallest absolute Gasteiger partial charge is 0.225 e. The minimum absolute atomic E-state index is 0.0938. The summed E-state index contributed by atoms with van der Waals surface area (Å²) in [7, 11) is 0. The minimum Gasteiger partial charge on any atom is -0.343 e. The molecule has 0 atom stereocenters. The fourth-order valence-corrected chi connectivity index (χ4v) is 4.76. The van der Waals surface area contributed by atoms with E-state index >= 15 is 0 Å². The Labute approximate surface area is 172 Å². The van der Waals surface area contributed by atoms with Crippen LogP contribution in [0.1, 0.15) is 54.7 Å². The topological polar surface area (TPSA) is 70.8 Å². The van der Waals surface area contributed by atoms with Gasteiger partial charge < -0.3 is 9.80 Å². The molecule has 7 heteroatoms. The van der Waals surface area contributed by atoms with Crippen molar-refractivity contribution in [1.82, 2.24) is 24.4 Å². The number of aryl methyl sites for hydroxylation is 3. The molecule has 7 nitrogen and oxygen atoms in total. The Morgan fingerprint density at radius 3 is 2.41 bits per heavy atom. The Morgan fingerprint density at radius 1 is 1.03 bits per heavy atom. The molecule has 2 aromatic heterocycles. The second-order valence-corrected chi connectivity index (χ2v) is 8.50. The number of likely N-dealkylation sites (tertiary alicyclic amines) is 2. The van der Waals surface area contributed by atoms with E-state index in [2.05, 4.69) is 10.1 Å². The molecule has 4 heterocycles. The van der Waals surface area contributed by atoms with Gasteiger partial charge >= 0.3 is 0 Å². The number of hydrogen-bond acceptors (Lipinski definition) is 4. The van der Waals surface area contributed by atoms with Crippen molar-refractivity contribution >= 4 is 17.5 Å². The lowest BCUT2D eigenvalue weighted by molar-refractivity contribution is -0.140. The van der Waals surface area contributed by atoms with Crippen LogP contribution in [0.25, 0.3) is 5.65 Å². The molecule has 0 N–H and O–H groups in total. The van der Waals surface area contributed by atoms with Crippen LogP contribution in [0.5, 0.6) is 0 Å². The average Bonchev–Trinajstić information content (AvgIpc) is 3.37. The van der Waals surface area contributed by atoms with Crippen LogP contribution < -0.4 is 0 Å². The molecule has 2 amide bonds. The lowest BCUT2D eigenvalue weighted by atomic mass is 9.95. The molecule has 4 rings (SSSR count). The van der Waals surface area contributed by atoms with Gasteiger partial charge in [0, 0.05) is 56.0 Å². The van der Waals surface area contributed by atoms with Gasteiger partial charge in [0.1, 0.15) is 0 Å². The summed E-state index contributed by atoms with van der Waals surface area (Å²) in [4.78, 5) is 33.9. The maximum atomic E-state index is 12.8. The van der Waals surface area contributed by atoms with Gasteiger partial charge in [0.25, 0.3) is 0 Å². The fourth-order valence-electron chi connectivity index (χ4n) is 4.76. The maximum absolute atomic E-state index is 12.8. The van der Waals surface area contributed by atoms with Crippen molar-refractivity contribution in [2.45, 2.75) is 59.3 Å². The van der Waals surface area contributed by atoms with Crippen LogP contribution in [0.4, 0.5) is 0 Å². The number of amides is 2. The van der Waals surface area contributed by atoms with Gasteiger partial charge in [-0.3, -0.25) is 9.59 Å². The zero-order valence-electron chi connectivity index (χ0n) is 17.8. The summed E-state index contributed by atoms with van der Waals surface area (Å²) in [5.41, 5.74) is 4.94. The fraction of sp³-hybridized carbons (Fsp3) is 0.636. The second kappa shape index (κ2) is 8.13. The van der Waals surface area contributed by atoms with Crippen LogP contribution in [0.2, 0.25) is 0 Å². The predicted octanol–water partition coefficient (Wildman–Crippen LogP) is 2.45. The third-order valence-corrected chi connectivity index (χ3v) is 6.49. The SMILES string of the molecule is Cc1cc2nc(C)c(CCC(=O)N3CCC(C(=O)N4CCCC4)CC3)c(C)n2n1. The first kappa shape index (κ1) is 19.9. The average molecular weight is 398 g/mol. The monoisotopic (exact) mass is 397 g/mol. The molecule has 0 aliphatic carbocycles. The highest BCUT2D eigenvalue weighted by atomic mass is 16.2. The van der Waals surface area contributed by atoms with E-state index in [-0.39, 0.29) is 11.8 Å². The molecule has 0 saturated carbocycles. The van der Waals surface area contributed by atoms with Gasteiger partial charge in [-0.2, -0.15) is 5.10 Å². The van der Waals surface area contributed by atoms with E-state index in [4.69, 9.17) is 0 Å². The summed E-state index contributed by atoms with van der Waals surface area (Å²) >= 11 is 0. The van der Waals surface area contributed by atoms with Crippen LogP contribution in [0.15, 0.2) is 6.07 Å². The molecule has 2 saturated heterocycles. The lowest BCUT2D eigenvalue weighted by Crippen LogP contribution is -2.43. The highest BCUT2D eigenvalue weighted by Gasteiger charge is 2.31. The molecule has 2 aromatic rings. The first-order chi connectivity index (χ1) is 13.9. The molecule has 29 heavy (non-hydrogen) atoms. The van der Waals surface area contributed by atoms with Gasteiger partial charge in [0.15, 0.2) is 5.65 Å². The van der Waals surface area contributed by atoms with Gasteiger partial charge in [0.05, 0.1) is 5.69 Å². The predicted molar refractivity (Wildman–Crippen MR) is 111 cm³/mol. The molecular formula is C22H31N5O2. The van der Waals surface area contributed by atoms with Gasteiger partial charge in [-0.25, -0.2) is 9.50 Å². The van der Waals surface area contributed by atoms with Crippen molar-refractivity contribution in [3.63, 3.8) is 0 Å². The largest absolute Gasteiger partial charge is 0.343 e. The Kier molecular flexibility index (Phi) is 5.56. The third kappa shape index (κ3) is 4.00. The summed E-state index contributed by atoms with van der Waals surface area (Å²) in [6.45, 7) is 9.21. The Hall–Kier alpha value is -2.44. The van der Waals surface area contributed by atoms with Gasteiger partial charge in [-0.1, -0.05) is 0 Å². The number of fused-ring (bicyclic) bond motifs is 1. The summed E-state index contributed by atoms with van der Waals surface area (Å²) < 4.78 is 1.87. The van der Waals surface area contributed by atoms with Crippen molar-refractivity contribution in [2.75, 3.05) is 26.2 Å². The number of rotatable bonds is 4. The number of aromatic nitrogens is 3. The molecule has 2 fully saturated rings. The summed E-state index contributed by atoms with van der Waals surface area (Å²) in [6.07, 6.45) is 4.98. The molecular weight excluding hydrogens is 366 g/mol. The van der Waals surface area contributed by atoms with E-state index in [0.29, 0.717) is 31.8 Å². The number of hydrogen-bond donors (Lipinski definition) is 0. The molecule has 0 spiro atoms. The summed E-state index contributed by atoms with van der Waals surface area (Å²) in [6, 6.07) is 1.97. The molecule has 0 aromatic carbocycles.